The smallest absolute Gasteiger partial charge is 0.302 e. The van der Waals surface area contributed by atoms with Crippen LogP contribution in [-0.4, -0.2) is 145 Å². The van der Waals surface area contributed by atoms with Crippen molar-refractivity contribution < 1.29 is 56.9 Å². The minimum Gasteiger partial charge on any atom is -0.463 e. The number of hydrogen-bond donors (Lipinski definition) is 0. The lowest BCUT2D eigenvalue weighted by Gasteiger charge is -2.09. The monoisotopic (exact) mass is 682 g/mol. The van der Waals surface area contributed by atoms with Gasteiger partial charge in [-0.25, -0.2) is 0 Å². The van der Waals surface area contributed by atoms with Gasteiger partial charge in [0, 0.05) is 13.5 Å². The maximum atomic E-state index is 10.6. The Balaban J connectivity index is 3.04. The second-order valence-corrected chi connectivity index (χ2v) is 11.0. The summed E-state index contributed by atoms with van der Waals surface area (Å²) in [5, 5.41) is 0. The Morgan fingerprint density at radius 3 is 0.766 bits per heavy atom. The first-order valence-electron chi connectivity index (χ1n) is 18.2. The lowest BCUT2D eigenvalue weighted by molar-refractivity contribution is -0.142. The third kappa shape index (κ3) is 45.1. The first kappa shape index (κ1) is 46.1. The van der Waals surface area contributed by atoms with E-state index < -0.39 is 0 Å². The van der Waals surface area contributed by atoms with Gasteiger partial charge in [0.15, 0.2) is 0 Å². The molecule has 0 spiro atoms. The van der Waals surface area contributed by atoms with Crippen molar-refractivity contribution in [3.63, 3.8) is 0 Å². The molecule has 0 bridgehead atoms. The van der Waals surface area contributed by atoms with Gasteiger partial charge in [-0.15, -0.1) is 0 Å². The van der Waals surface area contributed by atoms with Gasteiger partial charge in [0.05, 0.1) is 126 Å². The maximum absolute atomic E-state index is 10.6. The number of rotatable bonds is 42. The summed E-state index contributed by atoms with van der Waals surface area (Å²) in [5.41, 5.74) is 0. The molecule has 0 aliphatic heterocycles. The number of ether oxygens (including phenoxy) is 11. The fraction of sp³-hybridized carbons (Fsp3) is 0.971. The zero-order valence-electron chi connectivity index (χ0n) is 30.0. The van der Waals surface area contributed by atoms with Gasteiger partial charge >= 0.3 is 5.97 Å². The lowest BCUT2D eigenvalue weighted by atomic mass is 10.1. The summed E-state index contributed by atoms with van der Waals surface area (Å²) in [4.78, 5) is 10.6. The molecule has 0 heterocycles. The van der Waals surface area contributed by atoms with Gasteiger partial charge < -0.3 is 52.1 Å². The molecule has 0 aliphatic rings. The van der Waals surface area contributed by atoms with E-state index in [1.54, 1.807) is 0 Å². The van der Waals surface area contributed by atoms with Crippen LogP contribution in [0.1, 0.15) is 84.5 Å². The second kappa shape index (κ2) is 43.1. The van der Waals surface area contributed by atoms with E-state index in [1.165, 1.54) is 71.1 Å². The molecule has 12 nitrogen and oxygen atoms in total. The molecule has 0 aromatic heterocycles. The minimum absolute atomic E-state index is 0.262. The Labute approximate surface area is 286 Å². The van der Waals surface area contributed by atoms with Crippen LogP contribution in [0.2, 0.25) is 0 Å². The molecule has 0 aromatic carbocycles. The number of esters is 1. The Bertz CT molecular complexity index is 585. The molecule has 0 N–H and O–H groups in total. The molecular formula is C35H70O12. The van der Waals surface area contributed by atoms with E-state index in [-0.39, 0.29) is 12.6 Å². The average Bonchev–Trinajstić information content (AvgIpc) is 3.07. The Kier molecular flexibility index (Phi) is 42.2. The standard InChI is InChI=1S/C35H70O12/c1-3-4-5-6-7-8-9-10-11-12-13-14-37-15-16-38-17-18-39-19-20-40-21-22-41-23-24-42-25-26-43-27-28-44-29-30-45-31-32-46-33-34-47-35(2)36/h3-34H2,1-2H3. The average molecular weight is 683 g/mol. The van der Waals surface area contributed by atoms with Gasteiger partial charge in [-0.05, 0) is 6.42 Å². The molecule has 0 saturated heterocycles. The summed E-state index contributed by atoms with van der Waals surface area (Å²) >= 11 is 0. The Morgan fingerprint density at radius 1 is 0.298 bits per heavy atom. The number of carbonyl (C=O) groups excluding carboxylic acids is 1. The molecule has 0 radical (unpaired) electrons. The molecule has 0 unspecified atom stereocenters. The van der Waals surface area contributed by atoms with Gasteiger partial charge in [0.2, 0.25) is 0 Å². The van der Waals surface area contributed by atoms with Gasteiger partial charge in [-0.2, -0.15) is 0 Å². The van der Waals surface area contributed by atoms with E-state index in [4.69, 9.17) is 52.1 Å². The zero-order chi connectivity index (χ0) is 34.0. The highest BCUT2D eigenvalue weighted by Gasteiger charge is 1.98. The molecule has 0 rings (SSSR count). The Hall–Kier alpha value is -0.930. The molecule has 0 atom stereocenters. The van der Waals surface area contributed by atoms with Crippen LogP contribution in [0.15, 0.2) is 0 Å². The summed E-state index contributed by atoms with van der Waals surface area (Å²) in [6, 6.07) is 0. The van der Waals surface area contributed by atoms with E-state index in [2.05, 4.69) is 6.92 Å². The molecule has 12 heteroatoms. The summed E-state index contributed by atoms with van der Waals surface area (Å²) in [7, 11) is 0. The van der Waals surface area contributed by atoms with E-state index in [0.29, 0.717) is 126 Å². The predicted octanol–water partition coefficient (Wildman–Crippen LogP) is 5.03. The largest absolute Gasteiger partial charge is 0.463 e. The third-order valence-electron chi connectivity index (χ3n) is 6.77. The molecule has 282 valence electrons. The predicted molar refractivity (Wildman–Crippen MR) is 181 cm³/mol. The van der Waals surface area contributed by atoms with Crippen LogP contribution in [0.25, 0.3) is 0 Å². The zero-order valence-corrected chi connectivity index (χ0v) is 30.0. The number of hydrogen-bond acceptors (Lipinski definition) is 12. The van der Waals surface area contributed by atoms with Crippen molar-refractivity contribution in [2.24, 2.45) is 0 Å². The molecular weight excluding hydrogens is 612 g/mol. The maximum Gasteiger partial charge on any atom is 0.302 e. The fourth-order valence-corrected chi connectivity index (χ4v) is 4.19. The van der Waals surface area contributed by atoms with E-state index in [0.717, 1.165) is 13.0 Å². The molecule has 0 aromatic rings. The van der Waals surface area contributed by atoms with E-state index in [9.17, 15) is 4.79 Å². The molecule has 0 saturated carbocycles. The second-order valence-electron chi connectivity index (χ2n) is 11.0. The van der Waals surface area contributed by atoms with Crippen LogP contribution in [0.4, 0.5) is 0 Å². The van der Waals surface area contributed by atoms with Crippen molar-refractivity contribution in [2.75, 3.05) is 139 Å². The van der Waals surface area contributed by atoms with Crippen molar-refractivity contribution in [1.82, 2.24) is 0 Å². The van der Waals surface area contributed by atoms with Crippen molar-refractivity contribution in [3.05, 3.63) is 0 Å². The number of carbonyl (C=O) groups is 1. The van der Waals surface area contributed by atoms with Crippen molar-refractivity contribution in [1.29, 1.82) is 0 Å². The van der Waals surface area contributed by atoms with Crippen molar-refractivity contribution in [2.45, 2.75) is 84.5 Å². The topological polar surface area (TPSA) is 119 Å². The highest BCUT2D eigenvalue weighted by Crippen LogP contribution is 2.11. The lowest BCUT2D eigenvalue weighted by Crippen LogP contribution is -2.15. The molecule has 0 fully saturated rings. The third-order valence-corrected chi connectivity index (χ3v) is 6.77. The van der Waals surface area contributed by atoms with Gasteiger partial charge in [-0.1, -0.05) is 71.1 Å². The fourth-order valence-electron chi connectivity index (χ4n) is 4.19. The normalized spacial score (nSPS) is 11.4. The summed E-state index contributed by atoms with van der Waals surface area (Å²) in [5.74, 6) is -0.307. The quantitative estimate of drug-likeness (QED) is 0.0635. The van der Waals surface area contributed by atoms with E-state index >= 15 is 0 Å². The van der Waals surface area contributed by atoms with Crippen LogP contribution in [0.5, 0.6) is 0 Å². The first-order chi connectivity index (χ1) is 23.3. The summed E-state index contributed by atoms with van der Waals surface area (Å²) < 4.78 is 59.5. The SMILES string of the molecule is CCCCCCCCCCCCCOCCOCCOCCOCCOCCOCCOCCOCCOCCOCCOC(C)=O. The van der Waals surface area contributed by atoms with Gasteiger partial charge in [-0.3, -0.25) is 4.79 Å². The first-order valence-corrected chi connectivity index (χ1v) is 18.2. The molecule has 47 heavy (non-hydrogen) atoms. The van der Waals surface area contributed by atoms with Crippen molar-refractivity contribution in [3.8, 4) is 0 Å². The van der Waals surface area contributed by atoms with Gasteiger partial charge in [0.25, 0.3) is 0 Å². The number of unbranched alkanes of at least 4 members (excludes halogenated alkanes) is 10. The molecule has 0 aliphatic carbocycles. The van der Waals surface area contributed by atoms with Crippen LogP contribution in [-0.2, 0) is 56.9 Å². The van der Waals surface area contributed by atoms with Crippen LogP contribution in [0, 0.1) is 0 Å². The minimum atomic E-state index is -0.307. The van der Waals surface area contributed by atoms with E-state index in [1.807, 2.05) is 0 Å². The van der Waals surface area contributed by atoms with Crippen LogP contribution < -0.4 is 0 Å². The van der Waals surface area contributed by atoms with Crippen molar-refractivity contribution >= 4 is 5.97 Å². The van der Waals surface area contributed by atoms with Gasteiger partial charge in [0.1, 0.15) is 6.61 Å². The van der Waals surface area contributed by atoms with Crippen LogP contribution >= 0.6 is 0 Å². The highest BCUT2D eigenvalue weighted by atomic mass is 16.6. The van der Waals surface area contributed by atoms with Crippen LogP contribution in [0.3, 0.4) is 0 Å². The summed E-state index contributed by atoms with van der Waals surface area (Å²) in [6.45, 7) is 14.5. The Morgan fingerprint density at radius 2 is 0.511 bits per heavy atom. The highest BCUT2D eigenvalue weighted by molar-refractivity contribution is 5.65. The summed E-state index contributed by atoms with van der Waals surface area (Å²) in [6.07, 6.45) is 14.9. The molecule has 0 amide bonds.